The number of nitrogens with zero attached hydrogens (tertiary/aromatic N) is 6. The van der Waals surface area contributed by atoms with Crippen LogP contribution in [0.25, 0.3) is 11.0 Å². The zero-order chi connectivity index (χ0) is 19.6. The molecule has 2 aromatic heterocycles. The van der Waals surface area contributed by atoms with Crippen molar-refractivity contribution in [2.45, 2.75) is 19.4 Å². The predicted molar refractivity (Wildman–Crippen MR) is 114 cm³/mol. The summed E-state index contributed by atoms with van der Waals surface area (Å²) in [4.78, 5) is 23.2. The number of aromatic nitrogens is 4. The van der Waals surface area contributed by atoms with Gasteiger partial charge in [-0.1, -0.05) is 12.1 Å². The van der Waals surface area contributed by atoms with E-state index >= 15 is 0 Å². The predicted octanol–water partition coefficient (Wildman–Crippen LogP) is 2.26. The molecule has 0 saturated carbocycles. The van der Waals surface area contributed by atoms with Gasteiger partial charge in [0.1, 0.15) is 5.82 Å². The zero-order valence-electron chi connectivity index (χ0n) is 16.6. The zero-order valence-corrected chi connectivity index (χ0v) is 16.6. The lowest BCUT2D eigenvalue weighted by Gasteiger charge is -2.27. The van der Waals surface area contributed by atoms with E-state index in [0.717, 1.165) is 80.1 Å². The van der Waals surface area contributed by atoms with Gasteiger partial charge < -0.3 is 19.9 Å². The van der Waals surface area contributed by atoms with Crippen molar-refractivity contribution >= 4 is 28.6 Å². The van der Waals surface area contributed by atoms with E-state index in [1.165, 1.54) is 0 Å². The van der Waals surface area contributed by atoms with Crippen LogP contribution in [0.1, 0.15) is 12.1 Å². The van der Waals surface area contributed by atoms with Crippen molar-refractivity contribution in [2.75, 3.05) is 54.5 Å². The molecule has 29 heavy (non-hydrogen) atoms. The van der Waals surface area contributed by atoms with Gasteiger partial charge in [-0.3, -0.25) is 0 Å². The molecule has 4 heterocycles. The molecule has 2 fully saturated rings. The average Bonchev–Trinajstić information content (AvgIpc) is 3.22. The molecule has 1 N–H and O–H groups in total. The van der Waals surface area contributed by atoms with Gasteiger partial charge in [-0.2, -0.15) is 4.98 Å². The number of fused-ring (bicyclic) bond motifs is 1. The Labute approximate surface area is 170 Å². The molecule has 8 nitrogen and oxygen atoms in total. The van der Waals surface area contributed by atoms with Crippen LogP contribution in [-0.4, -0.2) is 65.4 Å². The van der Waals surface area contributed by atoms with E-state index in [0.29, 0.717) is 6.04 Å². The number of para-hydroxylation sites is 2. The normalized spacial score (nSPS) is 19.7. The Morgan fingerprint density at radius 3 is 2.59 bits per heavy atom. The molecule has 5 rings (SSSR count). The highest BCUT2D eigenvalue weighted by Crippen LogP contribution is 2.25. The number of morpholine rings is 1. The minimum atomic E-state index is 0.315. The van der Waals surface area contributed by atoms with E-state index in [1.807, 2.05) is 43.5 Å². The van der Waals surface area contributed by atoms with E-state index in [1.54, 1.807) is 0 Å². The maximum absolute atomic E-state index is 5.42. The van der Waals surface area contributed by atoms with Crippen LogP contribution in [0.15, 0.2) is 36.5 Å². The second-order valence-corrected chi connectivity index (χ2v) is 7.54. The number of hydrogen-bond donors (Lipinski definition) is 1. The second-order valence-electron chi connectivity index (χ2n) is 7.54. The van der Waals surface area contributed by atoms with Crippen LogP contribution >= 0.6 is 0 Å². The number of benzene rings is 1. The fourth-order valence-electron chi connectivity index (χ4n) is 4.00. The summed E-state index contributed by atoms with van der Waals surface area (Å²) in [5.41, 5.74) is 2.86. The molecule has 2 saturated heterocycles. The molecule has 0 bridgehead atoms. The number of hydrogen-bond acceptors (Lipinski definition) is 8. The second kappa shape index (κ2) is 7.79. The highest BCUT2D eigenvalue weighted by Gasteiger charge is 2.26. The fourth-order valence-corrected chi connectivity index (χ4v) is 4.00. The first kappa shape index (κ1) is 18.1. The molecule has 1 unspecified atom stereocenters. The maximum atomic E-state index is 5.42. The third-order valence-electron chi connectivity index (χ3n) is 5.50. The van der Waals surface area contributed by atoms with Crippen molar-refractivity contribution in [2.24, 2.45) is 0 Å². The van der Waals surface area contributed by atoms with Crippen LogP contribution in [0.5, 0.6) is 0 Å². The molecular weight excluding hydrogens is 366 g/mol. The monoisotopic (exact) mass is 391 g/mol. The summed E-state index contributed by atoms with van der Waals surface area (Å²) in [6.07, 6.45) is 2.86. The van der Waals surface area contributed by atoms with Crippen LogP contribution in [-0.2, 0) is 4.74 Å². The van der Waals surface area contributed by atoms with Crippen molar-refractivity contribution in [1.29, 1.82) is 0 Å². The molecule has 1 aromatic carbocycles. The van der Waals surface area contributed by atoms with Crippen LogP contribution in [0.3, 0.4) is 0 Å². The number of ether oxygens (including phenoxy) is 1. The maximum Gasteiger partial charge on any atom is 0.227 e. The highest BCUT2D eigenvalue weighted by atomic mass is 16.5. The van der Waals surface area contributed by atoms with Gasteiger partial charge in [0.15, 0.2) is 5.82 Å². The Bertz CT molecular complexity index is 1010. The summed E-state index contributed by atoms with van der Waals surface area (Å²) in [5.74, 6) is 2.61. The fraction of sp³-hybridized carbons (Fsp3) is 0.429. The van der Waals surface area contributed by atoms with E-state index in [2.05, 4.69) is 20.1 Å². The molecule has 2 aliphatic rings. The summed E-state index contributed by atoms with van der Waals surface area (Å²) in [6, 6.07) is 10.3. The molecule has 0 aliphatic carbocycles. The SMILES string of the molecule is Cc1nc2ccccc2nc1N1CCC(Nc2ccnc(N3CCOCC3)n2)C1. The van der Waals surface area contributed by atoms with Gasteiger partial charge in [0.25, 0.3) is 0 Å². The van der Waals surface area contributed by atoms with Crippen molar-refractivity contribution in [3.63, 3.8) is 0 Å². The van der Waals surface area contributed by atoms with Gasteiger partial charge in [0.2, 0.25) is 5.95 Å². The first-order valence-electron chi connectivity index (χ1n) is 10.2. The van der Waals surface area contributed by atoms with Crippen molar-refractivity contribution in [3.8, 4) is 0 Å². The Kier molecular flexibility index (Phi) is 4.85. The molecule has 0 amide bonds. The first-order chi connectivity index (χ1) is 14.3. The first-order valence-corrected chi connectivity index (χ1v) is 10.2. The smallest absolute Gasteiger partial charge is 0.227 e. The molecule has 2 aliphatic heterocycles. The van der Waals surface area contributed by atoms with E-state index in [-0.39, 0.29) is 0 Å². The number of anilines is 3. The van der Waals surface area contributed by atoms with Crippen LogP contribution < -0.4 is 15.1 Å². The number of aryl methyl sites for hydroxylation is 1. The van der Waals surface area contributed by atoms with E-state index in [4.69, 9.17) is 19.7 Å². The minimum Gasteiger partial charge on any atom is -0.378 e. The summed E-state index contributed by atoms with van der Waals surface area (Å²) in [6.45, 7) is 6.99. The minimum absolute atomic E-state index is 0.315. The van der Waals surface area contributed by atoms with Crippen molar-refractivity contribution in [1.82, 2.24) is 19.9 Å². The summed E-state index contributed by atoms with van der Waals surface area (Å²) >= 11 is 0. The van der Waals surface area contributed by atoms with Crippen molar-refractivity contribution in [3.05, 3.63) is 42.2 Å². The molecule has 0 radical (unpaired) electrons. The van der Waals surface area contributed by atoms with Gasteiger partial charge in [0, 0.05) is 38.4 Å². The van der Waals surface area contributed by atoms with E-state index < -0.39 is 0 Å². The molecule has 150 valence electrons. The Morgan fingerprint density at radius 2 is 1.76 bits per heavy atom. The molecular formula is C21H25N7O. The summed E-state index contributed by atoms with van der Waals surface area (Å²) in [5, 5.41) is 3.58. The van der Waals surface area contributed by atoms with Gasteiger partial charge in [-0.15, -0.1) is 0 Å². The van der Waals surface area contributed by atoms with Gasteiger partial charge >= 0.3 is 0 Å². The Morgan fingerprint density at radius 1 is 0.966 bits per heavy atom. The lowest BCUT2D eigenvalue weighted by atomic mass is 10.2. The van der Waals surface area contributed by atoms with Gasteiger partial charge in [-0.05, 0) is 31.5 Å². The summed E-state index contributed by atoms with van der Waals surface area (Å²) in [7, 11) is 0. The number of nitrogens with one attached hydrogen (secondary N) is 1. The lowest BCUT2D eigenvalue weighted by Crippen LogP contribution is -2.37. The number of rotatable bonds is 4. The third kappa shape index (κ3) is 3.80. The third-order valence-corrected chi connectivity index (χ3v) is 5.50. The van der Waals surface area contributed by atoms with Gasteiger partial charge in [0.05, 0.1) is 29.9 Å². The average molecular weight is 391 g/mol. The van der Waals surface area contributed by atoms with E-state index in [9.17, 15) is 0 Å². The van der Waals surface area contributed by atoms with Gasteiger partial charge in [-0.25, -0.2) is 15.0 Å². The van der Waals surface area contributed by atoms with Crippen LogP contribution in [0.2, 0.25) is 0 Å². The molecule has 3 aromatic rings. The van der Waals surface area contributed by atoms with Crippen LogP contribution in [0, 0.1) is 6.92 Å². The molecule has 8 heteroatoms. The standard InChI is InChI=1S/C21H25N7O/c1-15-20(25-18-5-3-2-4-17(18)23-15)28-9-7-16(14-28)24-19-6-8-22-21(26-19)27-10-12-29-13-11-27/h2-6,8,16H,7,9-14H2,1H3,(H,22,24,26). The van der Waals surface area contributed by atoms with Crippen molar-refractivity contribution < 1.29 is 4.74 Å². The molecule has 1 atom stereocenters. The quantitative estimate of drug-likeness (QED) is 0.726. The lowest BCUT2D eigenvalue weighted by molar-refractivity contribution is 0.122. The molecule has 0 spiro atoms. The topological polar surface area (TPSA) is 79.3 Å². The summed E-state index contributed by atoms with van der Waals surface area (Å²) < 4.78 is 5.42. The highest BCUT2D eigenvalue weighted by molar-refractivity contribution is 5.76. The Balaban J connectivity index is 1.28. The largest absolute Gasteiger partial charge is 0.378 e. The van der Waals surface area contributed by atoms with Crippen LogP contribution in [0.4, 0.5) is 17.6 Å². The Hall–Kier alpha value is -3.00.